The van der Waals surface area contributed by atoms with Crippen molar-refractivity contribution in [1.82, 2.24) is 0 Å². The van der Waals surface area contributed by atoms with Crippen LogP contribution in [0, 0.1) is 0 Å². The van der Waals surface area contributed by atoms with Crippen LogP contribution < -0.4 is 4.90 Å². The molecular formula is C17H15NO3. The summed E-state index contributed by atoms with van der Waals surface area (Å²) in [5, 5.41) is 9.32. The topological polar surface area (TPSA) is 57.6 Å². The van der Waals surface area contributed by atoms with Gasteiger partial charge in [-0.05, 0) is 30.2 Å². The summed E-state index contributed by atoms with van der Waals surface area (Å²) in [6.07, 6.45) is 0.435. The number of amides is 1. The lowest BCUT2D eigenvalue weighted by atomic mass is 9.89. The molecule has 1 N–H and O–H groups in total. The van der Waals surface area contributed by atoms with Crippen molar-refractivity contribution in [2.45, 2.75) is 12.3 Å². The molecule has 3 rings (SSSR count). The molecule has 0 aliphatic carbocycles. The van der Waals surface area contributed by atoms with Gasteiger partial charge in [0.05, 0.1) is 5.92 Å². The molecule has 106 valence electrons. The molecule has 1 aliphatic rings. The molecule has 1 unspecified atom stereocenters. The molecule has 0 spiro atoms. The maximum absolute atomic E-state index is 12.6. The number of aliphatic carboxylic acids is 1. The van der Waals surface area contributed by atoms with Gasteiger partial charge in [0.25, 0.3) is 5.91 Å². The van der Waals surface area contributed by atoms with Crippen molar-refractivity contribution >= 4 is 17.6 Å². The van der Waals surface area contributed by atoms with Crippen molar-refractivity contribution in [2.24, 2.45) is 0 Å². The largest absolute Gasteiger partial charge is 0.481 e. The number of fused-ring (bicyclic) bond motifs is 1. The highest BCUT2D eigenvalue weighted by Crippen LogP contribution is 2.36. The lowest BCUT2D eigenvalue weighted by Gasteiger charge is -2.32. The summed E-state index contributed by atoms with van der Waals surface area (Å²) in [6, 6.07) is 16.3. The highest BCUT2D eigenvalue weighted by Gasteiger charge is 2.32. The predicted molar refractivity (Wildman–Crippen MR) is 79.6 cm³/mol. The number of carbonyl (C=O) groups is 2. The first-order valence-electron chi connectivity index (χ1n) is 6.87. The van der Waals surface area contributed by atoms with Gasteiger partial charge in [-0.2, -0.15) is 0 Å². The number of benzene rings is 2. The van der Waals surface area contributed by atoms with E-state index in [2.05, 4.69) is 0 Å². The first-order chi connectivity index (χ1) is 10.2. The van der Waals surface area contributed by atoms with Crippen LogP contribution in [0.3, 0.4) is 0 Å². The van der Waals surface area contributed by atoms with Crippen LogP contribution in [-0.2, 0) is 4.79 Å². The fourth-order valence-corrected chi connectivity index (χ4v) is 2.77. The van der Waals surface area contributed by atoms with Crippen LogP contribution in [0.1, 0.15) is 28.3 Å². The zero-order chi connectivity index (χ0) is 14.8. The molecule has 0 aromatic heterocycles. The van der Waals surface area contributed by atoms with Crippen molar-refractivity contribution in [3.8, 4) is 0 Å². The molecule has 4 heteroatoms. The summed E-state index contributed by atoms with van der Waals surface area (Å²) in [5.74, 6) is -1.47. The van der Waals surface area contributed by atoms with Gasteiger partial charge in [0, 0.05) is 17.8 Å². The molecule has 1 amide bonds. The van der Waals surface area contributed by atoms with E-state index in [4.69, 9.17) is 0 Å². The van der Waals surface area contributed by atoms with E-state index in [1.165, 1.54) is 0 Å². The Labute approximate surface area is 122 Å². The minimum Gasteiger partial charge on any atom is -0.481 e. The van der Waals surface area contributed by atoms with E-state index >= 15 is 0 Å². The first kappa shape index (κ1) is 13.4. The van der Waals surface area contributed by atoms with E-state index in [1.54, 1.807) is 23.1 Å². The van der Waals surface area contributed by atoms with Crippen LogP contribution in [0.2, 0.25) is 0 Å². The third-order valence-corrected chi connectivity index (χ3v) is 3.81. The lowest BCUT2D eigenvalue weighted by Crippen LogP contribution is -2.38. The second kappa shape index (κ2) is 5.40. The van der Waals surface area contributed by atoms with E-state index in [9.17, 15) is 14.7 Å². The Bertz CT molecular complexity index is 681. The van der Waals surface area contributed by atoms with Crippen molar-refractivity contribution in [2.75, 3.05) is 11.4 Å². The molecule has 4 nitrogen and oxygen atoms in total. The third-order valence-electron chi connectivity index (χ3n) is 3.81. The molecule has 21 heavy (non-hydrogen) atoms. The summed E-state index contributed by atoms with van der Waals surface area (Å²) in [5.41, 5.74) is 2.02. The van der Waals surface area contributed by atoms with E-state index in [0.717, 1.165) is 0 Å². The van der Waals surface area contributed by atoms with Crippen molar-refractivity contribution in [1.29, 1.82) is 0 Å². The number of carbonyl (C=O) groups excluding carboxylic acids is 1. The molecule has 1 atom stereocenters. The van der Waals surface area contributed by atoms with E-state index in [1.807, 2.05) is 36.4 Å². The van der Waals surface area contributed by atoms with Gasteiger partial charge < -0.3 is 10.0 Å². The fourth-order valence-electron chi connectivity index (χ4n) is 2.77. The quantitative estimate of drug-likeness (QED) is 0.920. The molecule has 1 heterocycles. The van der Waals surface area contributed by atoms with Gasteiger partial charge in [0.1, 0.15) is 0 Å². The molecule has 0 radical (unpaired) electrons. The van der Waals surface area contributed by atoms with Gasteiger partial charge in [-0.3, -0.25) is 9.59 Å². The van der Waals surface area contributed by atoms with Crippen molar-refractivity contribution < 1.29 is 14.7 Å². The number of anilines is 1. The smallest absolute Gasteiger partial charge is 0.311 e. The van der Waals surface area contributed by atoms with Crippen molar-refractivity contribution in [3.05, 3.63) is 65.7 Å². The third kappa shape index (κ3) is 2.40. The summed E-state index contributed by atoms with van der Waals surface area (Å²) in [4.78, 5) is 25.6. The Kier molecular flexibility index (Phi) is 3.44. The highest BCUT2D eigenvalue weighted by atomic mass is 16.4. The summed E-state index contributed by atoms with van der Waals surface area (Å²) in [6.45, 7) is 0.418. The van der Waals surface area contributed by atoms with E-state index < -0.39 is 11.9 Å². The molecule has 0 bridgehead atoms. The second-order valence-electron chi connectivity index (χ2n) is 5.06. The monoisotopic (exact) mass is 281 g/mol. The Morgan fingerprint density at radius 2 is 1.67 bits per heavy atom. The van der Waals surface area contributed by atoms with Gasteiger partial charge in [-0.25, -0.2) is 0 Å². The number of hydrogen-bond donors (Lipinski definition) is 1. The lowest BCUT2D eigenvalue weighted by molar-refractivity contribution is -0.139. The van der Waals surface area contributed by atoms with E-state index in [0.29, 0.717) is 29.8 Å². The molecule has 0 saturated heterocycles. The fraction of sp³-hybridized carbons (Fsp3) is 0.176. The number of rotatable bonds is 2. The SMILES string of the molecule is O=C(O)C1CCN(C(=O)c2ccccc2)c2ccccc21. The minimum absolute atomic E-state index is 0.0908. The van der Waals surface area contributed by atoms with Gasteiger partial charge >= 0.3 is 5.97 Å². The Morgan fingerprint density at radius 3 is 2.38 bits per heavy atom. The maximum atomic E-state index is 12.6. The number of para-hydroxylation sites is 1. The molecule has 2 aromatic carbocycles. The summed E-state index contributed by atoms with van der Waals surface area (Å²) < 4.78 is 0. The average Bonchev–Trinajstić information content (AvgIpc) is 2.54. The van der Waals surface area contributed by atoms with Crippen LogP contribution in [-0.4, -0.2) is 23.5 Å². The van der Waals surface area contributed by atoms with Gasteiger partial charge in [-0.15, -0.1) is 0 Å². The molecule has 0 saturated carbocycles. The zero-order valence-corrected chi connectivity index (χ0v) is 11.4. The Hall–Kier alpha value is -2.62. The normalized spacial score (nSPS) is 17.1. The Morgan fingerprint density at radius 1 is 1.00 bits per heavy atom. The van der Waals surface area contributed by atoms with Gasteiger partial charge in [-0.1, -0.05) is 36.4 Å². The number of carboxylic acid groups (broad SMARTS) is 1. The summed E-state index contributed by atoms with van der Waals surface area (Å²) >= 11 is 0. The standard InChI is InChI=1S/C17H15NO3/c19-16(12-6-2-1-3-7-12)18-11-10-14(17(20)21)13-8-4-5-9-15(13)18/h1-9,14H,10-11H2,(H,20,21). The van der Waals surface area contributed by atoms with Crippen LogP contribution in [0.5, 0.6) is 0 Å². The van der Waals surface area contributed by atoms with Gasteiger partial charge in [0.2, 0.25) is 0 Å². The van der Waals surface area contributed by atoms with Gasteiger partial charge in [0.15, 0.2) is 0 Å². The second-order valence-corrected chi connectivity index (χ2v) is 5.06. The predicted octanol–water partition coefficient (Wildman–Crippen LogP) is 2.91. The molecule has 2 aromatic rings. The molecular weight excluding hydrogens is 266 g/mol. The van der Waals surface area contributed by atoms with Crippen molar-refractivity contribution in [3.63, 3.8) is 0 Å². The minimum atomic E-state index is -0.839. The van der Waals surface area contributed by atoms with Crippen LogP contribution in [0.4, 0.5) is 5.69 Å². The van der Waals surface area contributed by atoms with Crippen LogP contribution in [0.25, 0.3) is 0 Å². The zero-order valence-electron chi connectivity index (χ0n) is 11.4. The number of nitrogens with zero attached hydrogens (tertiary/aromatic N) is 1. The van der Waals surface area contributed by atoms with E-state index in [-0.39, 0.29) is 5.91 Å². The highest BCUT2D eigenvalue weighted by molar-refractivity contribution is 6.07. The van der Waals surface area contributed by atoms with Crippen LogP contribution in [0.15, 0.2) is 54.6 Å². The molecule has 1 aliphatic heterocycles. The number of carboxylic acids is 1. The van der Waals surface area contributed by atoms with Crippen LogP contribution >= 0.6 is 0 Å². The molecule has 0 fully saturated rings. The number of hydrogen-bond acceptors (Lipinski definition) is 2. The first-order valence-corrected chi connectivity index (χ1v) is 6.87. The summed E-state index contributed by atoms with van der Waals surface area (Å²) in [7, 11) is 0. The maximum Gasteiger partial charge on any atom is 0.311 e. The Balaban J connectivity index is 2.00. The average molecular weight is 281 g/mol.